The Bertz CT molecular complexity index is 1840. The molecule has 5 rings (SSSR count). The Morgan fingerprint density at radius 1 is 0.932 bits per heavy atom. The summed E-state index contributed by atoms with van der Waals surface area (Å²) in [6, 6.07) is 21.5. The molecule has 2 aromatic heterocycles. The molecule has 0 saturated heterocycles. The van der Waals surface area contributed by atoms with Gasteiger partial charge in [0.05, 0.1) is 12.1 Å². The van der Waals surface area contributed by atoms with Crippen LogP contribution >= 0.6 is 0 Å². The van der Waals surface area contributed by atoms with Crippen molar-refractivity contribution in [3.63, 3.8) is 0 Å². The van der Waals surface area contributed by atoms with Crippen LogP contribution in [0.2, 0.25) is 0 Å². The molecule has 8 nitrogen and oxygen atoms in total. The molecular weight excluding hydrogens is 593 g/mol. The van der Waals surface area contributed by atoms with Crippen LogP contribution in [0.25, 0.3) is 33.6 Å². The van der Waals surface area contributed by atoms with Crippen molar-refractivity contribution in [3.05, 3.63) is 111 Å². The van der Waals surface area contributed by atoms with E-state index in [9.17, 15) is 18.4 Å². The third-order valence-electron chi connectivity index (χ3n) is 6.75. The van der Waals surface area contributed by atoms with Crippen LogP contribution in [-0.2, 0) is 13.0 Å². The number of hydrogen-bond acceptors (Lipinski definition) is 6. The minimum absolute atomic E-state index is 0. The number of hydrogen-bond donors (Lipinski definition) is 1. The monoisotopic (exact) mass is 626 g/mol. The van der Waals surface area contributed by atoms with Crippen LogP contribution in [0.4, 0.5) is 8.78 Å². The van der Waals surface area contributed by atoms with Crippen LogP contribution < -0.4 is 16.1 Å². The average Bonchev–Trinajstić information content (AvgIpc) is 3.41. The summed E-state index contributed by atoms with van der Waals surface area (Å²) in [6.45, 7) is 7.80. The van der Waals surface area contributed by atoms with E-state index in [4.69, 9.17) is 4.74 Å². The van der Waals surface area contributed by atoms with Crippen molar-refractivity contribution >= 4 is 51.4 Å². The van der Waals surface area contributed by atoms with E-state index in [1.807, 2.05) is 76.2 Å². The second-order valence-electron chi connectivity index (χ2n) is 11.2. The quantitative estimate of drug-likeness (QED) is 0.190. The Morgan fingerprint density at radius 2 is 1.57 bits per heavy atom. The predicted octanol–water partition coefficient (Wildman–Crippen LogP) is 6.39. The van der Waals surface area contributed by atoms with E-state index >= 15 is 0 Å². The van der Waals surface area contributed by atoms with Crippen molar-refractivity contribution < 1.29 is 18.0 Å². The van der Waals surface area contributed by atoms with E-state index in [0.29, 0.717) is 41.4 Å². The van der Waals surface area contributed by atoms with E-state index in [0.717, 1.165) is 16.7 Å². The fourth-order valence-electron chi connectivity index (χ4n) is 4.93. The van der Waals surface area contributed by atoms with Gasteiger partial charge in [0.1, 0.15) is 22.9 Å². The van der Waals surface area contributed by atoms with Gasteiger partial charge in [-0.3, -0.25) is 18.9 Å². The summed E-state index contributed by atoms with van der Waals surface area (Å²) in [5.74, 6) is 0.551. The van der Waals surface area contributed by atoms with E-state index < -0.39 is 29.0 Å². The Kier molecular flexibility index (Phi) is 10.9. The van der Waals surface area contributed by atoms with Crippen molar-refractivity contribution in [1.82, 2.24) is 19.7 Å². The fourth-order valence-corrected chi connectivity index (χ4v) is 4.93. The Hall–Kier alpha value is -3.22. The van der Waals surface area contributed by atoms with Crippen LogP contribution in [0.1, 0.15) is 57.6 Å². The number of alkyl halides is 2. The second-order valence-corrected chi connectivity index (χ2v) is 11.2. The molecule has 0 radical (unpaired) electrons. The van der Waals surface area contributed by atoms with Crippen LogP contribution in [0.3, 0.4) is 0 Å². The van der Waals surface area contributed by atoms with Gasteiger partial charge in [-0.2, -0.15) is 0 Å². The number of nitrogens with one attached hydrogen (secondary N) is 1. The SMILES string of the molecule is CCCc1nc(C(F)F)c(-c2ccc(OC(C)(C)C)cc2)c(=O)n1Cc1ccc(-c2ccccc2-c2noc(=O)[nH]2)cc1.[KH]. The number of aromatic amines is 1. The molecule has 44 heavy (non-hydrogen) atoms. The topological polar surface area (TPSA) is 103 Å². The number of ether oxygens (including phenoxy) is 1. The molecule has 0 unspecified atom stereocenters. The third kappa shape index (κ3) is 7.70. The van der Waals surface area contributed by atoms with Crippen molar-refractivity contribution in [2.24, 2.45) is 0 Å². The van der Waals surface area contributed by atoms with E-state index in [1.54, 1.807) is 24.3 Å². The van der Waals surface area contributed by atoms with Crippen molar-refractivity contribution in [2.45, 2.75) is 59.1 Å². The Labute approximate surface area is 295 Å². The van der Waals surface area contributed by atoms with Crippen molar-refractivity contribution in [3.8, 4) is 39.4 Å². The van der Waals surface area contributed by atoms with Crippen LogP contribution in [-0.4, -0.2) is 76.7 Å². The number of aryl methyl sites for hydroxylation is 1. The molecule has 224 valence electrons. The van der Waals surface area contributed by atoms with E-state index in [1.165, 1.54) is 4.57 Å². The summed E-state index contributed by atoms with van der Waals surface area (Å²) in [5, 5.41) is 3.81. The Balaban J connectivity index is 0.00000442. The molecule has 0 aliphatic heterocycles. The zero-order valence-electron chi connectivity index (χ0n) is 24.4. The maximum atomic E-state index is 14.3. The maximum absolute atomic E-state index is 14.3. The van der Waals surface area contributed by atoms with Gasteiger partial charge in [0.15, 0.2) is 5.82 Å². The van der Waals surface area contributed by atoms with Crippen LogP contribution in [0, 0.1) is 0 Å². The molecule has 11 heteroatoms. The number of rotatable bonds is 9. The molecule has 0 saturated carbocycles. The van der Waals surface area contributed by atoms with Gasteiger partial charge >= 0.3 is 57.1 Å². The number of nitrogens with zero attached hydrogens (tertiary/aromatic N) is 3. The first kappa shape index (κ1) is 33.7. The normalized spacial score (nSPS) is 11.4. The molecule has 0 fully saturated rings. The standard InChI is InChI=1S/C33H32F2N4O4.K.H/c1-5-8-26-36-28(29(34)35)27(22-15-17-23(18-16-22)42-33(2,3)4)31(40)39(26)19-20-11-13-21(14-12-20)24-9-6-7-10-25(24)30-37-32(41)43-38-30;;/h6-7,9-18,29H,5,8,19H2,1-4H3,(H,37,38,41);;. The van der Waals surface area contributed by atoms with Crippen LogP contribution in [0.15, 0.2) is 86.9 Å². The molecule has 0 spiro atoms. The molecule has 2 heterocycles. The molecule has 0 aliphatic rings. The zero-order chi connectivity index (χ0) is 30.7. The summed E-state index contributed by atoms with van der Waals surface area (Å²) in [6.07, 6.45) is -1.92. The first-order valence-electron chi connectivity index (χ1n) is 14.0. The van der Waals surface area contributed by atoms with Crippen molar-refractivity contribution in [2.75, 3.05) is 0 Å². The molecule has 5 aromatic rings. The summed E-state index contributed by atoms with van der Waals surface area (Å²) in [4.78, 5) is 32.3. The van der Waals surface area contributed by atoms with Gasteiger partial charge in [-0.1, -0.05) is 72.7 Å². The van der Waals surface area contributed by atoms with Gasteiger partial charge in [-0.15, -0.1) is 0 Å². The molecule has 3 aromatic carbocycles. The number of halogens is 2. The predicted molar refractivity (Wildman–Crippen MR) is 168 cm³/mol. The van der Waals surface area contributed by atoms with Gasteiger partial charge in [0.25, 0.3) is 12.0 Å². The Morgan fingerprint density at radius 3 is 2.14 bits per heavy atom. The van der Waals surface area contributed by atoms with Gasteiger partial charge in [0, 0.05) is 12.0 Å². The van der Waals surface area contributed by atoms with Gasteiger partial charge in [0.2, 0.25) is 0 Å². The average molecular weight is 627 g/mol. The van der Waals surface area contributed by atoms with Crippen LogP contribution in [0.5, 0.6) is 5.75 Å². The number of H-pyrrole nitrogens is 1. The zero-order valence-corrected chi connectivity index (χ0v) is 24.4. The van der Waals surface area contributed by atoms with Crippen molar-refractivity contribution in [1.29, 1.82) is 0 Å². The fraction of sp³-hybridized carbons (Fsp3) is 0.273. The number of aromatic nitrogens is 4. The van der Waals surface area contributed by atoms with Gasteiger partial charge < -0.3 is 4.74 Å². The third-order valence-corrected chi connectivity index (χ3v) is 6.75. The number of benzene rings is 3. The molecule has 1 N–H and O–H groups in total. The van der Waals surface area contributed by atoms with E-state index in [2.05, 4.69) is 19.6 Å². The molecule has 0 amide bonds. The van der Waals surface area contributed by atoms with Gasteiger partial charge in [-0.05, 0) is 61.6 Å². The first-order valence-corrected chi connectivity index (χ1v) is 14.0. The van der Waals surface area contributed by atoms with Gasteiger partial charge in [-0.25, -0.2) is 18.6 Å². The molecule has 0 aliphatic carbocycles. The summed E-state index contributed by atoms with van der Waals surface area (Å²) in [7, 11) is 0. The summed E-state index contributed by atoms with van der Waals surface area (Å²) >= 11 is 0. The minimum atomic E-state index is -2.92. The van der Waals surface area contributed by atoms with E-state index in [-0.39, 0.29) is 63.5 Å². The second kappa shape index (κ2) is 14.3. The molecular formula is C33H33F2KN4O4. The molecule has 0 atom stereocenters. The summed E-state index contributed by atoms with van der Waals surface area (Å²) in [5.41, 5.74) is 1.92. The summed E-state index contributed by atoms with van der Waals surface area (Å²) < 4.78 is 40.6. The first-order chi connectivity index (χ1) is 20.5. The molecule has 0 bridgehead atoms.